The Morgan fingerprint density at radius 1 is 0.750 bits per heavy atom. The van der Waals surface area contributed by atoms with Crippen LogP contribution >= 0.6 is 0 Å². The van der Waals surface area contributed by atoms with Gasteiger partial charge in [0.15, 0.2) is 5.54 Å². The summed E-state index contributed by atoms with van der Waals surface area (Å²) in [6, 6.07) is 35.0. The third kappa shape index (κ3) is 4.32. The Hall–Kier alpha value is -4.81. The number of carboxylic acid groups (broad SMARTS) is 1. The molecule has 2 saturated heterocycles. The summed E-state index contributed by atoms with van der Waals surface area (Å²) in [6.07, 6.45) is 4.02. The minimum absolute atomic E-state index is 0.103. The van der Waals surface area contributed by atoms with Crippen LogP contribution in [-0.2, 0) is 26.5 Å². The topological polar surface area (TPSA) is 86.7 Å². The fraction of sp³-hybridized carbons (Fsp3) is 0.147. The van der Waals surface area contributed by atoms with E-state index in [-0.39, 0.29) is 12.5 Å². The fourth-order valence-electron chi connectivity index (χ4n) is 6.03. The molecule has 2 aliphatic heterocycles. The lowest BCUT2D eigenvalue weighted by Gasteiger charge is -2.31. The van der Waals surface area contributed by atoms with E-state index >= 15 is 0 Å². The van der Waals surface area contributed by atoms with E-state index in [1.54, 1.807) is 30.3 Å². The zero-order valence-corrected chi connectivity index (χ0v) is 21.7. The van der Waals surface area contributed by atoms with Gasteiger partial charge in [-0.3, -0.25) is 19.8 Å². The Labute approximate surface area is 232 Å². The number of likely N-dealkylation sites (tertiary alicyclic amines) is 1. The molecule has 0 saturated carbocycles. The van der Waals surface area contributed by atoms with E-state index < -0.39 is 35.3 Å². The molecule has 6 nitrogen and oxygen atoms in total. The van der Waals surface area contributed by atoms with Gasteiger partial charge in [-0.1, -0.05) is 127 Å². The van der Waals surface area contributed by atoms with Gasteiger partial charge in [-0.05, 0) is 27.8 Å². The highest BCUT2D eigenvalue weighted by Crippen LogP contribution is 2.53. The summed E-state index contributed by atoms with van der Waals surface area (Å²) in [5.41, 5.74) is 2.31. The van der Waals surface area contributed by atoms with Gasteiger partial charge in [0.1, 0.15) is 0 Å². The zero-order valence-electron chi connectivity index (χ0n) is 21.7. The Morgan fingerprint density at radius 3 is 1.90 bits per heavy atom. The number of benzene rings is 4. The van der Waals surface area contributed by atoms with Gasteiger partial charge in [-0.2, -0.15) is 0 Å². The molecule has 0 spiro atoms. The van der Waals surface area contributed by atoms with Crippen molar-refractivity contribution in [3.8, 4) is 0 Å². The van der Waals surface area contributed by atoms with Crippen LogP contribution in [0.4, 0.5) is 0 Å². The van der Waals surface area contributed by atoms with Crippen LogP contribution in [0.5, 0.6) is 0 Å². The van der Waals surface area contributed by atoms with E-state index in [1.807, 2.05) is 97.1 Å². The molecular weight excluding hydrogens is 500 g/mol. The molecule has 198 valence electrons. The van der Waals surface area contributed by atoms with Crippen LogP contribution in [0.2, 0.25) is 0 Å². The van der Waals surface area contributed by atoms with Crippen LogP contribution in [0.3, 0.4) is 0 Å². The number of imide groups is 1. The van der Waals surface area contributed by atoms with Crippen molar-refractivity contribution in [3.05, 3.63) is 143 Å². The summed E-state index contributed by atoms with van der Waals surface area (Å²) in [7, 11) is 0. The van der Waals surface area contributed by atoms with Gasteiger partial charge >= 0.3 is 5.97 Å². The maximum absolute atomic E-state index is 13.9. The van der Waals surface area contributed by atoms with Crippen molar-refractivity contribution in [2.75, 3.05) is 0 Å². The number of hydrogen-bond donors (Lipinski definition) is 2. The number of amides is 2. The van der Waals surface area contributed by atoms with Crippen molar-refractivity contribution in [3.63, 3.8) is 0 Å². The largest absolute Gasteiger partial charge is 0.480 e. The molecule has 4 aromatic carbocycles. The minimum atomic E-state index is -1.75. The fourth-order valence-corrected chi connectivity index (χ4v) is 6.03. The first-order chi connectivity index (χ1) is 19.5. The Balaban J connectivity index is 1.39. The molecule has 2 aliphatic rings. The quantitative estimate of drug-likeness (QED) is 0.252. The minimum Gasteiger partial charge on any atom is -0.480 e. The maximum Gasteiger partial charge on any atom is 0.329 e. The van der Waals surface area contributed by atoms with Crippen molar-refractivity contribution in [2.45, 2.75) is 18.1 Å². The summed E-state index contributed by atoms with van der Waals surface area (Å²) in [4.78, 5) is 42.2. The third-order valence-electron chi connectivity index (χ3n) is 7.96. The second-order valence-corrected chi connectivity index (χ2v) is 10.3. The highest BCUT2D eigenvalue weighted by atomic mass is 16.4. The monoisotopic (exact) mass is 528 g/mol. The molecule has 4 unspecified atom stereocenters. The Morgan fingerprint density at radius 2 is 1.30 bits per heavy atom. The first-order valence-electron chi connectivity index (χ1n) is 13.3. The summed E-state index contributed by atoms with van der Waals surface area (Å²) < 4.78 is 0. The van der Waals surface area contributed by atoms with Crippen LogP contribution in [0.25, 0.3) is 12.2 Å². The summed E-state index contributed by atoms with van der Waals surface area (Å²) in [5.74, 6) is -3.96. The van der Waals surface area contributed by atoms with Crippen molar-refractivity contribution in [2.24, 2.45) is 11.8 Å². The predicted molar refractivity (Wildman–Crippen MR) is 152 cm³/mol. The number of carboxylic acids is 1. The van der Waals surface area contributed by atoms with Crippen molar-refractivity contribution < 1.29 is 19.5 Å². The number of rotatable bonds is 7. The molecule has 0 radical (unpaired) electrons. The van der Waals surface area contributed by atoms with E-state index in [2.05, 4.69) is 5.32 Å². The molecule has 2 heterocycles. The number of fused-ring (bicyclic) bond motifs is 1. The number of hydrogen-bond acceptors (Lipinski definition) is 4. The number of nitrogens with zero attached hydrogens (tertiary/aromatic N) is 1. The van der Waals surface area contributed by atoms with Crippen molar-refractivity contribution >= 4 is 29.9 Å². The lowest BCUT2D eigenvalue weighted by atomic mass is 9.75. The molecular formula is C34H28N2O4. The van der Waals surface area contributed by atoms with Crippen molar-refractivity contribution in [1.82, 2.24) is 10.2 Å². The van der Waals surface area contributed by atoms with Gasteiger partial charge in [0.25, 0.3) is 0 Å². The molecule has 6 heteroatoms. The molecule has 0 aliphatic carbocycles. The van der Waals surface area contributed by atoms with Gasteiger partial charge in [-0.25, -0.2) is 4.79 Å². The first-order valence-corrected chi connectivity index (χ1v) is 13.3. The number of nitrogens with one attached hydrogen (secondary N) is 1. The standard InChI is InChI=1S/C34H28N2O4/c37-31-28-29(32(38)36(31)22-25-12-6-2-7-13-25)34(33(39)40,27-14-8-3-9-15-27)35-30(28)26-20-18-24(19-21-26)17-16-23-10-4-1-5-11-23/h1-21,28-30,35H,22H2,(H,39,40). The second kappa shape index (κ2) is 10.4. The maximum atomic E-state index is 13.9. The summed E-state index contributed by atoms with van der Waals surface area (Å²) in [6.45, 7) is 0.103. The predicted octanol–water partition coefficient (Wildman–Crippen LogP) is 5.28. The molecule has 2 amide bonds. The van der Waals surface area contributed by atoms with Gasteiger partial charge in [-0.15, -0.1) is 0 Å². The number of carbonyl (C=O) groups excluding carboxylic acids is 2. The molecule has 2 N–H and O–H groups in total. The lowest BCUT2D eigenvalue weighted by Crippen LogP contribution is -2.53. The molecule has 0 bridgehead atoms. The van der Waals surface area contributed by atoms with E-state index in [0.29, 0.717) is 5.56 Å². The molecule has 4 aromatic rings. The second-order valence-electron chi connectivity index (χ2n) is 10.3. The molecule has 2 fully saturated rings. The van der Waals surface area contributed by atoms with Crippen LogP contribution in [0.15, 0.2) is 115 Å². The highest BCUT2D eigenvalue weighted by molar-refractivity contribution is 6.09. The average molecular weight is 529 g/mol. The summed E-state index contributed by atoms with van der Waals surface area (Å²) in [5, 5.41) is 14.0. The lowest BCUT2D eigenvalue weighted by molar-refractivity contribution is -0.152. The van der Waals surface area contributed by atoms with Crippen LogP contribution in [0.1, 0.15) is 33.9 Å². The average Bonchev–Trinajstić information content (AvgIpc) is 3.48. The molecule has 0 aromatic heterocycles. The molecule has 6 rings (SSSR count). The smallest absolute Gasteiger partial charge is 0.329 e. The van der Waals surface area contributed by atoms with Gasteiger partial charge in [0.2, 0.25) is 11.8 Å². The van der Waals surface area contributed by atoms with E-state index in [9.17, 15) is 19.5 Å². The van der Waals surface area contributed by atoms with Crippen LogP contribution in [0, 0.1) is 11.8 Å². The number of carbonyl (C=O) groups is 3. The van der Waals surface area contributed by atoms with Gasteiger partial charge in [0.05, 0.1) is 18.4 Å². The van der Waals surface area contributed by atoms with E-state index in [4.69, 9.17) is 0 Å². The van der Waals surface area contributed by atoms with Crippen molar-refractivity contribution in [1.29, 1.82) is 0 Å². The third-order valence-corrected chi connectivity index (χ3v) is 7.96. The Bertz CT molecular complexity index is 1570. The SMILES string of the molecule is O=C1C2C(c3ccc(C=Cc4ccccc4)cc3)NC(C(=O)O)(c3ccccc3)C2C(=O)N1Cc1ccccc1. The van der Waals surface area contributed by atoms with Crippen LogP contribution in [-0.4, -0.2) is 27.8 Å². The van der Waals surface area contributed by atoms with Gasteiger partial charge in [0, 0.05) is 6.04 Å². The zero-order chi connectivity index (χ0) is 27.7. The first kappa shape index (κ1) is 25.5. The van der Waals surface area contributed by atoms with E-state index in [0.717, 1.165) is 22.3 Å². The highest BCUT2D eigenvalue weighted by Gasteiger charge is 2.69. The van der Waals surface area contributed by atoms with E-state index in [1.165, 1.54) is 4.90 Å². The van der Waals surface area contributed by atoms with Gasteiger partial charge < -0.3 is 5.11 Å². The molecule has 40 heavy (non-hydrogen) atoms. The summed E-state index contributed by atoms with van der Waals surface area (Å²) >= 11 is 0. The van der Waals surface area contributed by atoms with Crippen LogP contribution < -0.4 is 5.32 Å². The number of aliphatic carboxylic acids is 1. The molecule has 4 atom stereocenters. The normalized spacial score (nSPS) is 24.0. The Kier molecular flexibility index (Phi) is 6.62.